The number of aromatic amines is 1. The van der Waals surface area contributed by atoms with Crippen LogP contribution < -0.4 is 11.2 Å². The monoisotopic (exact) mass is 449 g/mol. The lowest BCUT2D eigenvalue weighted by Gasteiger charge is -2.17. The Morgan fingerprint density at radius 2 is 1.88 bits per heavy atom. The molecule has 0 spiro atoms. The van der Waals surface area contributed by atoms with Crippen LogP contribution >= 0.6 is 0 Å². The van der Waals surface area contributed by atoms with E-state index in [1.54, 1.807) is 6.92 Å². The summed E-state index contributed by atoms with van der Waals surface area (Å²) in [5, 5.41) is 3.73. The second-order valence-corrected chi connectivity index (χ2v) is 8.38. The molecule has 1 saturated heterocycles. The number of carbonyl (C=O) groups is 1. The molecule has 0 bridgehead atoms. The summed E-state index contributed by atoms with van der Waals surface area (Å²) in [5.41, 5.74) is 8.14. The molecule has 1 N–H and O–H groups in total. The first-order valence-electron chi connectivity index (χ1n) is 11.6. The lowest BCUT2D eigenvalue weighted by atomic mass is 10.1. The molecule has 1 aliphatic heterocycles. The molecule has 0 aliphatic carbocycles. The Kier molecular flexibility index (Phi) is 11.0. The molecule has 10 nitrogen and oxygen atoms in total. The van der Waals surface area contributed by atoms with Gasteiger partial charge in [-0.2, -0.15) is 0 Å². The highest BCUT2D eigenvalue weighted by Gasteiger charge is 2.37. The largest absolute Gasteiger partial charge is 0.463 e. The van der Waals surface area contributed by atoms with Gasteiger partial charge in [-0.25, -0.2) is 4.79 Å². The molecule has 0 radical (unpaired) electrons. The third-order valence-corrected chi connectivity index (χ3v) is 5.75. The van der Waals surface area contributed by atoms with Crippen LogP contribution in [0, 0.1) is 6.92 Å². The van der Waals surface area contributed by atoms with E-state index in [-0.39, 0.29) is 19.0 Å². The predicted octanol–water partition coefficient (Wildman–Crippen LogP) is 4.28. The summed E-state index contributed by atoms with van der Waals surface area (Å²) < 4.78 is 12.4. The summed E-state index contributed by atoms with van der Waals surface area (Å²) in [5.74, 6) is -0.309. The maximum absolute atomic E-state index is 12.1. The van der Waals surface area contributed by atoms with Crippen molar-refractivity contribution in [2.75, 3.05) is 6.61 Å². The molecular formula is C22H35N5O5. The van der Waals surface area contributed by atoms with Crippen molar-refractivity contribution in [3.63, 3.8) is 0 Å². The van der Waals surface area contributed by atoms with Crippen molar-refractivity contribution in [1.82, 2.24) is 9.55 Å². The quantitative estimate of drug-likeness (QED) is 0.148. The van der Waals surface area contributed by atoms with E-state index in [9.17, 15) is 14.4 Å². The van der Waals surface area contributed by atoms with Gasteiger partial charge in [0.1, 0.15) is 18.9 Å². The molecule has 32 heavy (non-hydrogen) atoms. The number of H-pyrrole nitrogens is 1. The standard InChI is InChI=1S/C22H35N5O5/c1-3-4-5-6-7-8-9-10-11-12-20(28)31-15-18-17(25-26-23)13-19(32-18)27-14-16(2)21(29)24-22(27)30/h14,17-19H,3-13,15H2,1-2H3,(H,24,29,30)/t17-,18+,19+/m0/s1. The third kappa shape index (κ3) is 8.16. The molecule has 0 unspecified atom stereocenters. The molecule has 1 aliphatic rings. The number of ether oxygens (including phenoxy) is 2. The summed E-state index contributed by atoms with van der Waals surface area (Å²) in [4.78, 5) is 40.8. The summed E-state index contributed by atoms with van der Waals surface area (Å²) in [6.45, 7) is 3.75. The highest BCUT2D eigenvalue weighted by atomic mass is 16.6. The van der Waals surface area contributed by atoms with Gasteiger partial charge in [-0.15, -0.1) is 0 Å². The Hall–Kier alpha value is -2.58. The number of hydrogen-bond donors (Lipinski definition) is 1. The van der Waals surface area contributed by atoms with E-state index in [0.29, 0.717) is 12.0 Å². The Balaban J connectivity index is 1.75. The van der Waals surface area contributed by atoms with Crippen LogP contribution in [0.2, 0.25) is 0 Å². The van der Waals surface area contributed by atoms with Gasteiger partial charge < -0.3 is 9.47 Å². The lowest BCUT2D eigenvalue weighted by molar-refractivity contribution is -0.148. The highest BCUT2D eigenvalue weighted by molar-refractivity contribution is 5.69. The van der Waals surface area contributed by atoms with Crippen molar-refractivity contribution in [1.29, 1.82) is 0 Å². The molecule has 0 aromatic carbocycles. The van der Waals surface area contributed by atoms with Crippen LogP contribution in [0.25, 0.3) is 10.4 Å². The molecule has 10 heteroatoms. The fourth-order valence-electron chi connectivity index (χ4n) is 3.85. The van der Waals surface area contributed by atoms with E-state index < -0.39 is 29.6 Å². The van der Waals surface area contributed by atoms with Crippen LogP contribution in [-0.4, -0.2) is 34.3 Å². The van der Waals surface area contributed by atoms with Crippen LogP contribution in [0.3, 0.4) is 0 Å². The van der Waals surface area contributed by atoms with Gasteiger partial charge in [0.2, 0.25) is 0 Å². The molecule has 0 amide bonds. The number of esters is 1. The molecule has 3 atom stereocenters. The van der Waals surface area contributed by atoms with Crippen molar-refractivity contribution in [2.24, 2.45) is 5.11 Å². The average molecular weight is 450 g/mol. The number of azide groups is 1. The normalized spacial score (nSPS) is 20.1. The van der Waals surface area contributed by atoms with Crippen molar-refractivity contribution in [3.05, 3.63) is 43.0 Å². The van der Waals surface area contributed by atoms with Crippen molar-refractivity contribution >= 4 is 5.97 Å². The van der Waals surface area contributed by atoms with Crippen LogP contribution in [0.5, 0.6) is 0 Å². The first-order valence-corrected chi connectivity index (χ1v) is 11.6. The molecule has 1 aromatic heterocycles. The zero-order valence-corrected chi connectivity index (χ0v) is 19.1. The number of carbonyl (C=O) groups excluding carboxylic acids is 1. The van der Waals surface area contributed by atoms with E-state index in [2.05, 4.69) is 21.9 Å². The number of nitrogens with one attached hydrogen (secondary N) is 1. The molecule has 1 fully saturated rings. The smallest absolute Gasteiger partial charge is 0.330 e. The summed E-state index contributed by atoms with van der Waals surface area (Å²) in [6.07, 6.45) is 11.2. The Morgan fingerprint density at radius 1 is 1.22 bits per heavy atom. The van der Waals surface area contributed by atoms with Gasteiger partial charge in [0.15, 0.2) is 0 Å². The second kappa shape index (κ2) is 13.8. The van der Waals surface area contributed by atoms with Crippen molar-refractivity contribution in [3.8, 4) is 0 Å². The Labute approximate surface area is 187 Å². The van der Waals surface area contributed by atoms with Crippen LogP contribution in [-0.2, 0) is 14.3 Å². The molecule has 1 aromatic rings. The topological polar surface area (TPSA) is 139 Å². The van der Waals surface area contributed by atoms with Gasteiger partial charge >= 0.3 is 11.7 Å². The van der Waals surface area contributed by atoms with Gasteiger partial charge in [-0.1, -0.05) is 63.4 Å². The van der Waals surface area contributed by atoms with E-state index in [4.69, 9.17) is 15.0 Å². The zero-order valence-electron chi connectivity index (χ0n) is 19.1. The maximum Gasteiger partial charge on any atom is 0.330 e. The van der Waals surface area contributed by atoms with E-state index in [0.717, 1.165) is 19.3 Å². The average Bonchev–Trinajstić information content (AvgIpc) is 3.16. The second-order valence-electron chi connectivity index (χ2n) is 8.38. The SMILES string of the molecule is CCCCCCCCCCCC(=O)OC[C@H]1O[C@@H](n2cc(C)c(=O)[nH]c2=O)C[C@@H]1N=[N+]=[N-]. The molecular weight excluding hydrogens is 414 g/mol. The van der Waals surface area contributed by atoms with E-state index >= 15 is 0 Å². The Morgan fingerprint density at radius 3 is 2.53 bits per heavy atom. The summed E-state index contributed by atoms with van der Waals surface area (Å²) in [6, 6.07) is -0.579. The van der Waals surface area contributed by atoms with Gasteiger partial charge in [-0.3, -0.25) is 19.1 Å². The predicted molar refractivity (Wildman–Crippen MR) is 120 cm³/mol. The minimum atomic E-state index is -0.713. The van der Waals surface area contributed by atoms with Gasteiger partial charge in [-0.05, 0) is 18.9 Å². The van der Waals surface area contributed by atoms with Crippen LogP contribution in [0.15, 0.2) is 20.9 Å². The number of hydrogen-bond acceptors (Lipinski definition) is 6. The molecule has 2 heterocycles. The van der Waals surface area contributed by atoms with Crippen LogP contribution in [0.1, 0.15) is 89.3 Å². The minimum Gasteiger partial charge on any atom is -0.463 e. The molecule has 0 saturated carbocycles. The van der Waals surface area contributed by atoms with Crippen molar-refractivity contribution < 1.29 is 14.3 Å². The van der Waals surface area contributed by atoms with E-state index in [1.807, 2.05) is 0 Å². The Bertz CT molecular complexity index is 889. The molecule has 178 valence electrons. The number of unbranched alkanes of at least 4 members (excludes halogenated alkanes) is 8. The van der Waals surface area contributed by atoms with Crippen molar-refractivity contribution in [2.45, 2.75) is 103 Å². The summed E-state index contributed by atoms with van der Waals surface area (Å²) >= 11 is 0. The maximum atomic E-state index is 12.1. The van der Waals surface area contributed by atoms with Gasteiger partial charge in [0.05, 0.1) is 6.04 Å². The fourth-order valence-corrected chi connectivity index (χ4v) is 3.85. The molecule has 2 rings (SSSR count). The number of aromatic nitrogens is 2. The third-order valence-electron chi connectivity index (χ3n) is 5.75. The van der Waals surface area contributed by atoms with Crippen LogP contribution in [0.4, 0.5) is 0 Å². The van der Waals surface area contributed by atoms with Gasteiger partial charge in [0, 0.05) is 29.5 Å². The first-order chi connectivity index (χ1) is 15.5. The zero-order chi connectivity index (χ0) is 23.3. The van der Waals surface area contributed by atoms with Gasteiger partial charge in [0.25, 0.3) is 5.56 Å². The first kappa shape index (κ1) is 25.7. The fraction of sp³-hybridized carbons (Fsp3) is 0.773. The minimum absolute atomic E-state index is 0.0481. The number of aryl methyl sites for hydroxylation is 1. The lowest BCUT2D eigenvalue weighted by Crippen LogP contribution is -2.33. The summed E-state index contributed by atoms with van der Waals surface area (Å²) in [7, 11) is 0. The van der Waals surface area contributed by atoms with E-state index in [1.165, 1.54) is 49.3 Å². The number of nitrogens with zero attached hydrogens (tertiary/aromatic N) is 4. The number of rotatable bonds is 14. The highest BCUT2D eigenvalue weighted by Crippen LogP contribution is 2.30.